The third-order valence-corrected chi connectivity index (χ3v) is 4.75. The Morgan fingerprint density at radius 1 is 1.24 bits per heavy atom. The highest BCUT2D eigenvalue weighted by Crippen LogP contribution is 2.20. The van der Waals surface area contributed by atoms with E-state index >= 15 is 0 Å². The molecular formula is C22H29ClN4O2. The number of aryl methyl sites for hydroxylation is 1. The van der Waals surface area contributed by atoms with Crippen molar-refractivity contribution in [2.45, 2.75) is 46.7 Å². The van der Waals surface area contributed by atoms with E-state index in [0.29, 0.717) is 11.6 Å². The van der Waals surface area contributed by atoms with Crippen molar-refractivity contribution in [2.24, 2.45) is 0 Å². The van der Waals surface area contributed by atoms with Crippen LogP contribution in [0.3, 0.4) is 0 Å². The molecule has 1 heterocycles. The fraction of sp³-hybridized carbons (Fsp3) is 0.409. The highest BCUT2D eigenvalue weighted by Gasteiger charge is 2.17. The monoisotopic (exact) mass is 416 g/mol. The summed E-state index contributed by atoms with van der Waals surface area (Å²) in [6.07, 6.45) is 3.22. The van der Waals surface area contributed by atoms with Crippen molar-refractivity contribution in [1.29, 1.82) is 0 Å². The molecule has 0 saturated heterocycles. The molecule has 0 atom stereocenters. The molecule has 0 aliphatic heterocycles. The van der Waals surface area contributed by atoms with Crippen LogP contribution < -0.4 is 5.32 Å². The third-order valence-electron chi connectivity index (χ3n) is 4.38. The number of benzene rings is 1. The molecule has 0 aliphatic carbocycles. The lowest BCUT2D eigenvalue weighted by atomic mass is 10.1. The maximum Gasteiger partial charge on any atom is 0.246 e. The first kappa shape index (κ1) is 22.7. The van der Waals surface area contributed by atoms with Crippen molar-refractivity contribution in [3.05, 3.63) is 57.9 Å². The van der Waals surface area contributed by atoms with Gasteiger partial charge in [0.1, 0.15) is 0 Å². The molecule has 0 fully saturated rings. The number of likely N-dealkylation sites (N-methyl/N-ethyl adjacent to an activating group) is 1. The number of aromatic nitrogens is 2. The minimum atomic E-state index is -0.332. The van der Waals surface area contributed by atoms with Crippen LogP contribution in [0, 0.1) is 13.8 Å². The van der Waals surface area contributed by atoms with Gasteiger partial charge in [0.25, 0.3) is 0 Å². The van der Waals surface area contributed by atoms with Crippen molar-refractivity contribution in [1.82, 2.24) is 20.0 Å². The lowest BCUT2D eigenvalue weighted by molar-refractivity contribution is -0.131. The van der Waals surface area contributed by atoms with Crippen LogP contribution in [0.25, 0.3) is 6.08 Å². The quantitative estimate of drug-likeness (QED) is 0.732. The van der Waals surface area contributed by atoms with Gasteiger partial charge in [-0.15, -0.1) is 0 Å². The second kappa shape index (κ2) is 9.27. The fourth-order valence-electron chi connectivity index (χ4n) is 2.93. The zero-order valence-electron chi connectivity index (χ0n) is 17.9. The van der Waals surface area contributed by atoms with E-state index in [2.05, 4.69) is 10.4 Å². The Kier molecular flexibility index (Phi) is 7.25. The van der Waals surface area contributed by atoms with Gasteiger partial charge in [0.05, 0.1) is 18.8 Å². The Balaban J connectivity index is 2.08. The molecule has 2 rings (SSSR count). The molecule has 0 radical (unpaired) electrons. The van der Waals surface area contributed by atoms with Gasteiger partial charge in [-0.1, -0.05) is 29.8 Å². The standard InChI is InChI=1S/C22H29ClN4O2/c1-15-18(11-12-21(29)26(6)14-20(28)24-22(3,4)5)16(2)27(25-15)13-17-9-7-8-10-19(17)23/h7-12H,13-14H2,1-6H3,(H,24,28). The number of rotatable bonds is 6. The van der Waals surface area contributed by atoms with E-state index in [9.17, 15) is 9.59 Å². The topological polar surface area (TPSA) is 67.2 Å². The van der Waals surface area contributed by atoms with E-state index in [1.54, 1.807) is 13.1 Å². The lowest BCUT2D eigenvalue weighted by Gasteiger charge is -2.22. The molecule has 0 aliphatic rings. The smallest absolute Gasteiger partial charge is 0.246 e. The number of hydrogen-bond acceptors (Lipinski definition) is 3. The lowest BCUT2D eigenvalue weighted by Crippen LogP contribution is -2.46. The number of nitrogens with zero attached hydrogens (tertiary/aromatic N) is 3. The molecule has 2 aromatic rings. The average molecular weight is 417 g/mol. The second-order valence-corrected chi connectivity index (χ2v) is 8.57. The molecule has 1 N–H and O–H groups in total. The van der Waals surface area contributed by atoms with E-state index in [4.69, 9.17) is 11.6 Å². The van der Waals surface area contributed by atoms with E-state index < -0.39 is 0 Å². The molecule has 0 spiro atoms. The van der Waals surface area contributed by atoms with Crippen LogP contribution in [0.4, 0.5) is 0 Å². The van der Waals surface area contributed by atoms with Gasteiger partial charge < -0.3 is 10.2 Å². The first-order valence-corrected chi connectivity index (χ1v) is 9.87. The maximum atomic E-state index is 12.4. The largest absolute Gasteiger partial charge is 0.350 e. The summed E-state index contributed by atoms with van der Waals surface area (Å²) < 4.78 is 1.88. The summed E-state index contributed by atoms with van der Waals surface area (Å²) >= 11 is 6.25. The molecule has 2 amide bonds. The predicted molar refractivity (Wildman–Crippen MR) is 117 cm³/mol. The Hall–Kier alpha value is -2.60. The molecule has 6 nitrogen and oxygen atoms in total. The zero-order chi connectivity index (χ0) is 21.8. The van der Waals surface area contributed by atoms with E-state index in [1.165, 1.54) is 11.0 Å². The first-order chi connectivity index (χ1) is 13.5. The van der Waals surface area contributed by atoms with Gasteiger partial charge in [0, 0.05) is 34.9 Å². The Morgan fingerprint density at radius 3 is 2.52 bits per heavy atom. The Bertz CT molecular complexity index is 925. The van der Waals surface area contributed by atoms with E-state index in [0.717, 1.165) is 22.5 Å². The summed E-state index contributed by atoms with van der Waals surface area (Å²) in [6, 6.07) is 7.66. The maximum absolute atomic E-state index is 12.4. The minimum Gasteiger partial charge on any atom is -0.350 e. The van der Waals surface area contributed by atoms with Gasteiger partial charge in [0.15, 0.2) is 0 Å². The minimum absolute atomic E-state index is 0.00414. The second-order valence-electron chi connectivity index (χ2n) is 8.16. The number of amides is 2. The molecule has 7 heteroatoms. The van der Waals surface area contributed by atoms with Crippen LogP contribution in [0.1, 0.15) is 43.3 Å². The fourth-order valence-corrected chi connectivity index (χ4v) is 3.12. The predicted octanol–water partition coefficient (Wildman–Crippen LogP) is 3.59. The summed E-state index contributed by atoms with van der Waals surface area (Å²) in [5, 5.41) is 8.12. The van der Waals surface area contributed by atoms with Crippen LogP contribution in [-0.4, -0.2) is 45.6 Å². The summed E-state index contributed by atoms with van der Waals surface area (Å²) in [6.45, 7) is 10.1. The average Bonchev–Trinajstić information content (AvgIpc) is 2.86. The molecule has 29 heavy (non-hydrogen) atoms. The van der Waals surface area contributed by atoms with E-state index in [-0.39, 0.29) is 23.9 Å². The molecular weight excluding hydrogens is 388 g/mol. The summed E-state index contributed by atoms with van der Waals surface area (Å²) in [5.41, 5.74) is 3.31. The Morgan fingerprint density at radius 2 is 1.90 bits per heavy atom. The van der Waals surface area contributed by atoms with Crippen molar-refractivity contribution in [2.75, 3.05) is 13.6 Å². The highest BCUT2D eigenvalue weighted by molar-refractivity contribution is 6.31. The van der Waals surface area contributed by atoms with Crippen LogP contribution >= 0.6 is 11.6 Å². The van der Waals surface area contributed by atoms with Gasteiger partial charge >= 0.3 is 0 Å². The summed E-state index contributed by atoms with van der Waals surface area (Å²) in [7, 11) is 1.61. The van der Waals surface area contributed by atoms with Gasteiger partial charge in [-0.05, 0) is 52.3 Å². The number of halogens is 1. The van der Waals surface area contributed by atoms with Gasteiger partial charge in [0.2, 0.25) is 11.8 Å². The molecule has 0 saturated carbocycles. The van der Waals surface area contributed by atoms with Crippen LogP contribution in [0.5, 0.6) is 0 Å². The van der Waals surface area contributed by atoms with Crippen molar-refractivity contribution in [3.63, 3.8) is 0 Å². The van der Waals surface area contributed by atoms with Crippen molar-refractivity contribution in [3.8, 4) is 0 Å². The van der Waals surface area contributed by atoms with Crippen LogP contribution in [0.2, 0.25) is 5.02 Å². The van der Waals surface area contributed by atoms with E-state index in [1.807, 2.05) is 63.6 Å². The number of carbonyl (C=O) groups excluding carboxylic acids is 2. The number of nitrogens with one attached hydrogen (secondary N) is 1. The number of hydrogen-bond donors (Lipinski definition) is 1. The van der Waals surface area contributed by atoms with Crippen molar-refractivity contribution < 1.29 is 9.59 Å². The molecule has 0 unspecified atom stereocenters. The highest BCUT2D eigenvalue weighted by atomic mass is 35.5. The third kappa shape index (κ3) is 6.46. The normalized spacial score (nSPS) is 11.7. The van der Waals surface area contributed by atoms with Crippen molar-refractivity contribution >= 4 is 29.5 Å². The molecule has 1 aromatic carbocycles. The van der Waals surface area contributed by atoms with Gasteiger partial charge in [-0.3, -0.25) is 14.3 Å². The Labute approximate surface area is 177 Å². The van der Waals surface area contributed by atoms with Crippen LogP contribution in [-0.2, 0) is 16.1 Å². The molecule has 0 bridgehead atoms. The zero-order valence-corrected chi connectivity index (χ0v) is 18.7. The van der Waals surface area contributed by atoms with Crippen LogP contribution in [0.15, 0.2) is 30.3 Å². The van der Waals surface area contributed by atoms with Gasteiger partial charge in [-0.2, -0.15) is 5.10 Å². The summed E-state index contributed by atoms with van der Waals surface area (Å²) in [4.78, 5) is 25.8. The molecule has 1 aromatic heterocycles. The SMILES string of the molecule is Cc1nn(Cc2ccccc2Cl)c(C)c1C=CC(=O)N(C)CC(=O)NC(C)(C)C. The van der Waals surface area contributed by atoms with Gasteiger partial charge in [-0.25, -0.2) is 0 Å². The number of carbonyl (C=O) groups is 2. The molecule has 156 valence electrons. The first-order valence-electron chi connectivity index (χ1n) is 9.49. The summed E-state index contributed by atoms with van der Waals surface area (Å²) in [5.74, 6) is -0.437.